The van der Waals surface area contributed by atoms with E-state index >= 15 is 0 Å². The quantitative estimate of drug-likeness (QED) is 0.840. The molecule has 1 unspecified atom stereocenters. The van der Waals surface area contributed by atoms with Crippen LogP contribution >= 0.6 is 0 Å². The highest BCUT2D eigenvalue weighted by molar-refractivity contribution is 5.03. The molecule has 3 heterocycles. The summed E-state index contributed by atoms with van der Waals surface area (Å²) in [5.74, 6) is 0. The van der Waals surface area contributed by atoms with Gasteiger partial charge < -0.3 is 0 Å². The minimum Gasteiger partial charge on any atom is -0.295 e. The molecule has 1 fully saturated rings. The Morgan fingerprint density at radius 1 is 1.21 bits per heavy atom. The van der Waals surface area contributed by atoms with Gasteiger partial charge in [0.05, 0.1) is 23.6 Å². The first kappa shape index (κ1) is 12.3. The summed E-state index contributed by atoms with van der Waals surface area (Å²) >= 11 is 0. The van der Waals surface area contributed by atoms with E-state index in [0.717, 1.165) is 37.4 Å². The number of likely N-dealkylation sites (tertiary alicyclic amines) is 1. The lowest BCUT2D eigenvalue weighted by atomic mass is 10.3. The summed E-state index contributed by atoms with van der Waals surface area (Å²) in [6.07, 6.45) is 8.91. The van der Waals surface area contributed by atoms with Crippen molar-refractivity contribution >= 4 is 0 Å². The van der Waals surface area contributed by atoms with Crippen LogP contribution in [0.25, 0.3) is 0 Å². The zero-order valence-corrected chi connectivity index (χ0v) is 11.5. The lowest BCUT2D eigenvalue weighted by Gasteiger charge is -2.15. The number of aryl methyl sites for hydroxylation is 2. The van der Waals surface area contributed by atoms with Gasteiger partial charge in [0.1, 0.15) is 0 Å². The van der Waals surface area contributed by atoms with E-state index in [1.165, 1.54) is 5.56 Å². The zero-order chi connectivity index (χ0) is 13.2. The van der Waals surface area contributed by atoms with E-state index < -0.39 is 0 Å². The Morgan fingerprint density at radius 2 is 2.11 bits per heavy atom. The van der Waals surface area contributed by atoms with Gasteiger partial charge in [0.15, 0.2) is 0 Å². The highest BCUT2D eigenvalue weighted by Crippen LogP contribution is 2.22. The number of nitrogens with zero attached hydrogens (tertiary/aromatic N) is 5. The molecule has 0 radical (unpaired) electrons. The second kappa shape index (κ2) is 5.09. The third-order valence-electron chi connectivity index (χ3n) is 3.57. The van der Waals surface area contributed by atoms with Gasteiger partial charge in [-0.15, -0.1) is 0 Å². The Kier molecular flexibility index (Phi) is 3.29. The molecule has 3 rings (SSSR count). The number of aromatic nitrogens is 4. The van der Waals surface area contributed by atoms with Gasteiger partial charge in [-0.2, -0.15) is 5.10 Å². The molecule has 0 amide bonds. The van der Waals surface area contributed by atoms with Gasteiger partial charge in [-0.25, -0.2) is 0 Å². The van der Waals surface area contributed by atoms with Crippen LogP contribution in [0.1, 0.15) is 29.4 Å². The Bertz CT molecular complexity index is 545. The largest absolute Gasteiger partial charge is 0.295 e. The Labute approximate surface area is 113 Å². The summed E-state index contributed by atoms with van der Waals surface area (Å²) in [6.45, 7) is 7.06. The van der Waals surface area contributed by atoms with Gasteiger partial charge >= 0.3 is 0 Å². The SMILES string of the molecule is Cc1cnn(C2CCN(Cc3cnc(C)cn3)C2)c1. The summed E-state index contributed by atoms with van der Waals surface area (Å²) in [4.78, 5) is 11.1. The molecule has 0 aromatic carbocycles. The van der Waals surface area contributed by atoms with Gasteiger partial charge in [0.2, 0.25) is 0 Å². The van der Waals surface area contributed by atoms with Gasteiger partial charge in [-0.3, -0.25) is 19.5 Å². The molecule has 19 heavy (non-hydrogen) atoms. The van der Waals surface area contributed by atoms with Crippen LogP contribution < -0.4 is 0 Å². The van der Waals surface area contributed by atoms with Gasteiger partial charge in [0.25, 0.3) is 0 Å². The topological polar surface area (TPSA) is 46.8 Å². The first-order chi connectivity index (χ1) is 9.20. The molecule has 1 aliphatic heterocycles. The lowest BCUT2D eigenvalue weighted by molar-refractivity contribution is 0.307. The van der Waals surface area contributed by atoms with E-state index in [2.05, 4.69) is 37.8 Å². The van der Waals surface area contributed by atoms with Crippen molar-refractivity contribution in [3.63, 3.8) is 0 Å². The van der Waals surface area contributed by atoms with E-state index in [1.807, 2.05) is 25.5 Å². The third-order valence-corrected chi connectivity index (χ3v) is 3.57. The standard InChI is InChI=1S/C14H19N5/c1-11-5-17-19(8-11)14-3-4-18(10-14)9-13-7-15-12(2)6-16-13/h5-8,14H,3-4,9-10H2,1-2H3. The lowest BCUT2D eigenvalue weighted by Crippen LogP contribution is -2.22. The Balaban J connectivity index is 1.61. The van der Waals surface area contributed by atoms with Crippen molar-refractivity contribution < 1.29 is 0 Å². The summed E-state index contributed by atoms with van der Waals surface area (Å²) in [5.41, 5.74) is 3.24. The second-order valence-corrected chi connectivity index (χ2v) is 5.32. The fraction of sp³-hybridized carbons (Fsp3) is 0.500. The molecule has 1 aliphatic rings. The predicted octanol–water partition coefficient (Wildman–Crippen LogP) is 1.74. The molecule has 1 saturated heterocycles. The maximum atomic E-state index is 4.42. The van der Waals surface area contributed by atoms with Crippen molar-refractivity contribution in [2.75, 3.05) is 13.1 Å². The Morgan fingerprint density at radius 3 is 2.79 bits per heavy atom. The van der Waals surface area contributed by atoms with Crippen molar-refractivity contribution in [1.29, 1.82) is 0 Å². The van der Waals surface area contributed by atoms with Crippen molar-refractivity contribution in [3.05, 3.63) is 41.7 Å². The molecule has 0 N–H and O–H groups in total. The zero-order valence-electron chi connectivity index (χ0n) is 11.5. The fourth-order valence-electron chi connectivity index (χ4n) is 2.53. The van der Waals surface area contributed by atoms with Crippen LogP contribution in [-0.2, 0) is 6.54 Å². The van der Waals surface area contributed by atoms with E-state index in [4.69, 9.17) is 0 Å². The molecular weight excluding hydrogens is 238 g/mol. The third kappa shape index (κ3) is 2.81. The van der Waals surface area contributed by atoms with Gasteiger partial charge in [0, 0.05) is 38.2 Å². The minimum atomic E-state index is 0.493. The summed E-state index contributed by atoms with van der Waals surface area (Å²) in [7, 11) is 0. The molecule has 0 spiro atoms. The minimum absolute atomic E-state index is 0.493. The molecule has 5 heteroatoms. The highest BCUT2D eigenvalue weighted by Gasteiger charge is 2.24. The van der Waals surface area contributed by atoms with Crippen molar-refractivity contribution in [2.24, 2.45) is 0 Å². The van der Waals surface area contributed by atoms with Crippen LogP contribution in [0, 0.1) is 13.8 Å². The molecule has 0 bridgehead atoms. The van der Waals surface area contributed by atoms with Crippen molar-refractivity contribution in [1.82, 2.24) is 24.6 Å². The normalized spacial score (nSPS) is 20.0. The maximum Gasteiger partial charge on any atom is 0.0727 e. The molecule has 1 atom stereocenters. The Hall–Kier alpha value is -1.75. The van der Waals surface area contributed by atoms with E-state index in [9.17, 15) is 0 Å². The smallest absolute Gasteiger partial charge is 0.0727 e. The average Bonchev–Trinajstić information content (AvgIpc) is 3.01. The van der Waals surface area contributed by atoms with Gasteiger partial charge in [-0.1, -0.05) is 0 Å². The van der Waals surface area contributed by atoms with E-state index in [-0.39, 0.29) is 0 Å². The fourth-order valence-corrected chi connectivity index (χ4v) is 2.53. The summed E-state index contributed by atoms with van der Waals surface area (Å²) in [6, 6.07) is 0.493. The molecule has 5 nitrogen and oxygen atoms in total. The van der Waals surface area contributed by atoms with Crippen molar-refractivity contribution in [2.45, 2.75) is 32.9 Å². The molecule has 100 valence electrons. The molecule has 2 aromatic rings. The summed E-state index contributed by atoms with van der Waals surface area (Å²) < 4.78 is 2.09. The monoisotopic (exact) mass is 257 g/mol. The first-order valence-corrected chi connectivity index (χ1v) is 6.71. The summed E-state index contributed by atoms with van der Waals surface area (Å²) in [5, 5.41) is 4.41. The average molecular weight is 257 g/mol. The molecule has 2 aromatic heterocycles. The highest BCUT2D eigenvalue weighted by atomic mass is 15.3. The second-order valence-electron chi connectivity index (χ2n) is 5.32. The van der Waals surface area contributed by atoms with Crippen molar-refractivity contribution in [3.8, 4) is 0 Å². The number of rotatable bonds is 3. The molecule has 0 saturated carbocycles. The van der Waals surface area contributed by atoms with Crippen LogP contribution in [0.5, 0.6) is 0 Å². The van der Waals surface area contributed by atoms with Crippen LogP contribution in [-0.4, -0.2) is 37.7 Å². The molecule has 0 aliphatic carbocycles. The first-order valence-electron chi connectivity index (χ1n) is 6.71. The molecular formula is C14H19N5. The number of hydrogen-bond donors (Lipinski definition) is 0. The van der Waals surface area contributed by atoms with Crippen LogP contribution in [0.15, 0.2) is 24.8 Å². The van der Waals surface area contributed by atoms with E-state index in [0.29, 0.717) is 6.04 Å². The number of hydrogen-bond acceptors (Lipinski definition) is 4. The maximum absolute atomic E-state index is 4.42. The van der Waals surface area contributed by atoms with Crippen LogP contribution in [0.2, 0.25) is 0 Å². The van der Waals surface area contributed by atoms with Crippen LogP contribution in [0.3, 0.4) is 0 Å². The van der Waals surface area contributed by atoms with Gasteiger partial charge in [-0.05, 0) is 25.8 Å². The van der Waals surface area contributed by atoms with Crippen LogP contribution in [0.4, 0.5) is 0 Å². The predicted molar refractivity (Wildman–Crippen MR) is 72.7 cm³/mol. The van der Waals surface area contributed by atoms with E-state index in [1.54, 1.807) is 0 Å².